The Kier molecular flexibility index (Phi) is 9.59. The summed E-state index contributed by atoms with van der Waals surface area (Å²) in [6.07, 6.45) is 0. The van der Waals surface area contributed by atoms with Gasteiger partial charge in [-0.15, -0.1) is 0 Å². The normalized spacial score (nSPS) is 12.0. The smallest absolute Gasteiger partial charge is 0.264 e. The molecule has 0 heterocycles. The van der Waals surface area contributed by atoms with Crippen molar-refractivity contribution in [3.05, 3.63) is 94.0 Å². The minimum atomic E-state index is -4.20. The number of likely N-dealkylation sites (N-methyl/N-ethyl adjacent to an activating group) is 1. The van der Waals surface area contributed by atoms with Crippen LogP contribution in [0.4, 0.5) is 5.69 Å². The van der Waals surface area contributed by atoms with Crippen LogP contribution in [-0.4, -0.2) is 44.3 Å². The second-order valence-electron chi connectivity index (χ2n) is 8.44. The van der Waals surface area contributed by atoms with Crippen molar-refractivity contribution in [1.82, 2.24) is 10.2 Å². The Morgan fingerprint density at radius 1 is 0.973 bits per heavy atom. The van der Waals surface area contributed by atoms with E-state index in [0.717, 1.165) is 15.4 Å². The maximum atomic E-state index is 13.8. The first-order chi connectivity index (χ1) is 17.6. The molecule has 1 N–H and O–H groups in total. The number of sulfonamides is 1. The zero-order chi connectivity index (χ0) is 27.2. The maximum absolute atomic E-state index is 13.8. The van der Waals surface area contributed by atoms with Crippen LogP contribution in [-0.2, 0) is 26.2 Å². The predicted molar refractivity (Wildman–Crippen MR) is 147 cm³/mol. The lowest BCUT2D eigenvalue weighted by Gasteiger charge is -2.32. The molecule has 0 aliphatic rings. The largest absolute Gasteiger partial charge is 0.355 e. The number of amides is 2. The van der Waals surface area contributed by atoms with Gasteiger partial charge < -0.3 is 10.2 Å². The number of benzene rings is 3. The van der Waals surface area contributed by atoms with E-state index < -0.39 is 28.5 Å². The van der Waals surface area contributed by atoms with Crippen molar-refractivity contribution in [1.29, 1.82) is 0 Å². The second-order valence-corrected chi connectivity index (χ2v) is 11.1. The van der Waals surface area contributed by atoms with Crippen LogP contribution in [0.15, 0.2) is 77.7 Å². The van der Waals surface area contributed by atoms with E-state index in [-0.39, 0.29) is 28.1 Å². The van der Waals surface area contributed by atoms with Gasteiger partial charge >= 0.3 is 0 Å². The molecule has 3 aromatic carbocycles. The summed E-state index contributed by atoms with van der Waals surface area (Å²) >= 11 is 12.5. The molecule has 0 saturated carbocycles. The summed E-state index contributed by atoms with van der Waals surface area (Å²) in [6, 6.07) is 18.8. The van der Waals surface area contributed by atoms with Gasteiger partial charge in [-0.3, -0.25) is 13.9 Å². The number of nitrogens with zero attached hydrogens (tertiary/aromatic N) is 2. The molecule has 10 heteroatoms. The molecule has 0 aromatic heterocycles. The average Bonchev–Trinajstić information content (AvgIpc) is 2.87. The number of rotatable bonds is 10. The highest BCUT2D eigenvalue weighted by atomic mass is 35.5. The molecule has 0 bridgehead atoms. The van der Waals surface area contributed by atoms with Gasteiger partial charge in [0.05, 0.1) is 15.6 Å². The van der Waals surface area contributed by atoms with Crippen molar-refractivity contribution < 1.29 is 18.0 Å². The van der Waals surface area contributed by atoms with Crippen LogP contribution in [0.1, 0.15) is 25.0 Å². The number of halogens is 2. The number of hydrogen-bond acceptors (Lipinski definition) is 4. The van der Waals surface area contributed by atoms with E-state index in [1.54, 1.807) is 32.0 Å². The van der Waals surface area contributed by atoms with Gasteiger partial charge in [-0.2, -0.15) is 0 Å². The quantitative estimate of drug-likeness (QED) is 0.375. The Labute approximate surface area is 228 Å². The summed E-state index contributed by atoms with van der Waals surface area (Å²) in [6.45, 7) is 5.26. The average molecular weight is 563 g/mol. The third-order valence-corrected chi connectivity index (χ3v) is 8.22. The van der Waals surface area contributed by atoms with Gasteiger partial charge in [-0.05, 0) is 62.2 Å². The van der Waals surface area contributed by atoms with Crippen LogP contribution >= 0.6 is 23.2 Å². The van der Waals surface area contributed by atoms with Crippen LogP contribution in [0.5, 0.6) is 0 Å². The highest BCUT2D eigenvalue weighted by molar-refractivity contribution is 7.92. The molecule has 1 atom stereocenters. The second kappa shape index (κ2) is 12.4. The fourth-order valence-electron chi connectivity index (χ4n) is 3.79. The SMILES string of the molecule is CCNC(=O)[C@H](C)N(Cc1ccccc1C)C(=O)CN(c1ccc(Cl)cc1Cl)S(=O)(=O)c1ccccc1. The standard InChI is InChI=1S/C27H29Cl2N3O4S/c1-4-30-27(34)20(3)31(17-21-11-9-8-10-19(21)2)26(33)18-32(25-15-14-22(28)16-24(25)29)37(35,36)23-12-6-5-7-13-23/h5-16,20H,4,17-18H2,1-3H3,(H,30,34)/t20-/m0/s1. The lowest BCUT2D eigenvalue weighted by atomic mass is 10.1. The summed E-state index contributed by atoms with van der Waals surface area (Å²) < 4.78 is 28.4. The molecule has 0 radical (unpaired) electrons. The fourth-order valence-corrected chi connectivity index (χ4v) is 5.81. The maximum Gasteiger partial charge on any atom is 0.264 e. The summed E-state index contributed by atoms with van der Waals surface area (Å²) in [4.78, 5) is 28.0. The fraction of sp³-hybridized carbons (Fsp3) is 0.259. The number of carbonyl (C=O) groups excluding carboxylic acids is 2. The number of carbonyl (C=O) groups is 2. The third-order valence-electron chi connectivity index (χ3n) is 5.91. The highest BCUT2D eigenvalue weighted by Crippen LogP contribution is 2.33. The topological polar surface area (TPSA) is 86.8 Å². The van der Waals surface area contributed by atoms with E-state index >= 15 is 0 Å². The molecule has 0 aliphatic heterocycles. The van der Waals surface area contributed by atoms with Crippen molar-refractivity contribution in [3.8, 4) is 0 Å². The third kappa shape index (κ3) is 6.83. The van der Waals surface area contributed by atoms with Gasteiger partial charge in [-0.1, -0.05) is 65.7 Å². The molecule has 0 aliphatic carbocycles. The number of aryl methyl sites for hydroxylation is 1. The van der Waals surface area contributed by atoms with Crippen molar-refractivity contribution in [2.75, 3.05) is 17.4 Å². The highest BCUT2D eigenvalue weighted by Gasteiger charge is 2.33. The number of nitrogens with one attached hydrogen (secondary N) is 1. The van der Waals surface area contributed by atoms with Gasteiger partial charge in [-0.25, -0.2) is 8.42 Å². The lowest BCUT2D eigenvalue weighted by Crippen LogP contribution is -2.51. The summed E-state index contributed by atoms with van der Waals surface area (Å²) in [5, 5.41) is 3.13. The number of anilines is 1. The van der Waals surface area contributed by atoms with Gasteiger partial charge in [0.2, 0.25) is 11.8 Å². The van der Waals surface area contributed by atoms with E-state index in [2.05, 4.69) is 5.32 Å². The van der Waals surface area contributed by atoms with Crippen LogP contribution in [0.25, 0.3) is 0 Å². The van der Waals surface area contributed by atoms with E-state index in [4.69, 9.17) is 23.2 Å². The van der Waals surface area contributed by atoms with Crippen molar-refractivity contribution in [2.45, 2.75) is 38.3 Å². The van der Waals surface area contributed by atoms with E-state index in [1.165, 1.54) is 35.2 Å². The summed E-state index contributed by atoms with van der Waals surface area (Å²) in [5.74, 6) is -0.904. The molecule has 0 unspecified atom stereocenters. The molecule has 196 valence electrons. The van der Waals surface area contributed by atoms with Crippen LogP contribution in [0, 0.1) is 6.92 Å². The van der Waals surface area contributed by atoms with E-state index in [1.807, 2.05) is 31.2 Å². The first-order valence-corrected chi connectivity index (χ1v) is 13.9. The number of hydrogen-bond donors (Lipinski definition) is 1. The van der Waals surface area contributed by atoms with Crippen LogP contribution < -0.4 is 9.62 Å². The molecule has 2 amide bonds. The molecule has 37 heavy (non-hydrogen) atoms. The molecule has 0 fully saturated rings. The van der Waals surface area contributed by atoms with E-state index in [9.17, 15) is 18.0 Å². The molecular weight excluding hydrogens is 533 g/mol. The zero-order valence-corrected chi connectivity index (χ0v) is 23.1. The molecular formula is C27H29Cl2N3O4S. The van der Waals surface area contributed by atoms with Crippen molar-refractivity contribution in [3.63, 3.8) is 0 Å². The first kappa shape index (κ1) is 28.5. The minimum Gasteiger partial charge on any atom is -0.355 e. The minimum absolute atomic E-state index is 0.00366. The van der Waals surface area contributed by atoms with Crippen molar-refractivity contribution >= 4 is 50.7 Å². The van der Waals surface area contributed by atoms with Gasteiger partial charge in [0.1, 0.15) is 12.6 Å². The van der Waals surface area contributed by atoms with Gasteiger partial charge in [0.25, 0.3) is 10.0 Å². The Morgan fingerprint density at radius 2 is 1.62 bits per heavy atom. The van der Waals surface area contributed by atoms with Crippen LogP contribution in [0.2, 0.25) is 10.0 Å². The monoisotopic (exact) mass is 561 g/mol. The Hall–Kier alpha value is -3.07. The Balaban J connectivity index is 2.07. The Bertz CT molecular complexity index is 1370. The molecule has 3 rings (SSSR count). The molecule has 0 saturated heterocycles. The zero-order valence-electron chi connectivity index (χ0n) is 20.8. The van der Waals surface area contributed by atoms with E-state index in [0.29, 0.717) is 11.6 Å². The van der Waals surface area contributed by atoms with Crippen LogP contribution in [0.3, 0.4) is 0 Å². The van der Waals surface area contributed by atoms with Gasteiger partial charge in [0, 0.05) is 18.1 Å². The lowest BCUT2D eigenvalue weighted by molar-refractivity contribution is -0.139. The molecule has 3 aromatic rings. The first-order valence-electron chi connectivity index (χ1n) is 11.7. The summed E-state index contributed by atoms with van der Waals surface area (Å²) in [5.41, 5.74) is 1.89. The summed E-state index contributed by atoms with van der Waals surface area (Å²) in [7, 11) is -4.20. The van der Waals surface area contributed by atoms with Crippen molar-refractivity contribution in [2.24, 2.45) is 0 Å². The molecule has 0 spiro atoms. The predicted octanol–water partition coefficient (Wildman–Crippen LogP) is 5.05. The van der Waals surface area contributed by atoms with Gasteiger partial charge in [0.15, 0.2) is 0 Å². The Morgan fingerprint density at radius 3 is 2.24 bits per heavy atom. The molecule has 7 nitrogen and oxygen atoms in total.